The van der Waals surface area contributed by atoms with Gasteiger partial charge in [-0.05, 0) is 39.3 Å². The number of guanidine groups is 1. The molecule has 1 heterocycles. The van der Waals surface area contributed by atoms with Crippen LogP contribution in [0.1, 0.15) is 35.0 Å². The van der Waals surface area contributed by atoms with Crippen LogP contribution in [0.5, 0.6) is 5.75 Å². The lowest BCUT2D eigenvalue weighted by atomic mass is 10.1. The molecule has 180 valence electrons. The fourth-order valence-electron chi connectivity index (χ4n) is 3.23. The monoisotopic (exact) mass is 559 g/mol. The molecule has 9 heteroatoms. The molecule has 2 N–H and O–H groups in total. The van der Waals surface area contributed by atoms with E-state index in [1.807, 2.05) is 17.7 Å². The van der Waals surface area contributed by atoms with Gasteiger partial charge in [0, 0.05) is 44.1 Å². The number of aliphatic imine (C=N–C) groups is 1. The van der Waals surface area contributed by atoms with Crippen LogP contribution in [0.3, 0.4) is 0 Å². The molecule has 0 unspecified atom stereocenters. The van der Waals surface area contributed by atoms with Crippen LogP contribution in [-0.2, 0) is 29.1 Å². The standard InChI is InChI=1S/C23H37N5O3.HI/c1-7-24-23(26-16-21-18(3)27-28(19(21)4)10-11-29-5)25-15-20-9-8-17(2)14-22(20)31-13-12-30-6;/h8-9,14H,7,10-13,15-16H2,1-6H3,(H2,24,25,26);1H. The first-order valence-corrected chi connectivity index (χ1v) is 10.7. The Balaban J connectivity index is 0.00000512. The zero-order valence-corrected chi connectivity index (χ0v) is 22.5. The van der Waals surface area contributed by atoms with Crippen molar-refractivity contribution in [3.05, 3.63) is 46.3 Å². The Morgan fingerprint density at radius 1 is 1.06 bits per heavy atom. The number of aryl methyl sites for hydroxylation is 2. The van der Waals surface area contributed by atoms with Gasteiger partial charge in [0.25, 0.3) is 0 Å². The maximum absolute atomic E-state index is 5.89. The van der Waals surface area contributed by atoms with E-state index in [1.165, 1.54) is 5.56 Å². The van der Waals surface area contributed by atoms with Crippen molar-refractivity contribution >= 4 is 29.9 Å². The number of hydrogen-bond acceptors (Lipinski definition) is 5. The number of nitrogens with zero attached hydrogens (tertiary/aromatic N) is 3. The molecule has 0 aliphatic carbocycles. The Labute approximate surface area is 209 Å². The second kappa shape index (κ2) is 15.1. The molecule has 0 saturated heterocycles. The van der Waals surface area contributed by atoms with E-state index < -0.39 is 0 Å². The van der Waals surface area contributed by atoms with Crippen LogP contribution in [0.25, 0.3) is 0 Å². The first-order chi connectivity index (χ1) is 15.0. The Bertz CT molecular complexity index is 854. The van der Waals surface area contributed by atoms with E-state index in [0.717, 1.165) is 47.3 Å². The first kappa shape index (κ1) is 28.2. The quantitative estimate of drug-likeness (QED) is 0.180. The molecule has 0 atom stereocenters. The molecular weight excluding hydrogens is 521 g/mol. The summed E-state index contributed by atoms with van der Waals surface area (Å²) in [7, 11) is 3.37. The van der Waals surface area contributed by atoms with Crippen LogP contribution in [0, 0.1) is 20.8 Å². The van der Waals surface area contributed by atoms with Crippen molar-refractivity contribution in [2.75, 3.05) is 40.6 Å². The van der Waals surface area contributed by atoms with Crippen molar-refractivity contribution in [1.29, 1.82) is 0 Å². The van der Waals surface area contributed by atoms with Gasteiger partial charge in [-0.15, -0.1) is 24.0 Å². The average molecular weight is 559 g/mol. The molecule has 0 aliphatic rings. The molecule has 0 radical (unpaired) electrons. The third-order valence-electron chi connectivity index (χ3n) is 4.99. The van der Waals surface area contributed by atoms with Crippen molar-refractivity contribution in [1.82, 2.24) is 20.4 Å². The number of nitrogens with one attached hydrogen (secondary N) is 2. The van der Waals surface area contributed by atoms with E-state index in [2.05, 4.69) is 48.6 Å². The van der Waals surface area contributed by atoms with Crippen molar-refractivity contribution in [2.45, 2.75) is 47.3 Å². The zero-order chi connectivity index (χ0) is 22.6. The third-order valence-corrected chi connectivity index (χ3v) is 4.99. The fourth-order valence-corrected chi connectivity index (χ4v) is 3.23. The summed E-state index contributed by atoms with van der Waals surface area (Å²) in [4.78, 5) is 4.77. The summed E-state index contributed by atoms with van der Waals surface area (Å²) in [5.74, 6) is 1.61. The van der Waals surface area contributed by atoms with E-state index in [-0.39, 0.29) is 24.0 Å². The number of aromatic nitrogens is 2. The number of methoxy groups -OCH3 is 2. The number of ether oxygens (including phenoxy) is 3. The normalized spacial score (nSPS) is 11.2. The summed E-state index contributed by atoms with van der Waals surface area (Å²) in [5, 5.41) is 11.4. The molecule has 0 aliphatic heterocycles. The minimum atomic E-state index is 0. The maximum atomic E-state index is 5.89. The van der Waals surface area contributed by atoms with Crippen LogP contribution in [0.15, 0.2) is 23.2 Å². The fraction of sp³-hybridized carbons (Fsp3) is 0.565. The highest BCUT2D eigenvalue weighted by Crippen LogP contribution is 2.21. The minimum absolute atomic E-state index is 0. The number of hydrogen-bond donors (Lipinski definition) is 2. The molecule has 0 amide bonds. The molecule has 2 rings (SSSR count). The van der Waals surface area contributed by atoms with Gasteiger partial charge in [-0.3, -0.25) is 4.68 Å². The molecule has 8 nitrogen and oxygen atoms in total. The predicted molar refractivity (Wildman–Crippen MR) is 139 cm³/mol. The van der Waals surface area contributed by atoms with Gasteiger partial charge in [0.15, 0.2) is 5.96 Å². The van der Waals surface area contributed by atoms with Crippen molar-refractivity contribution < 1.29 is 14.2 Å². The van der Waals surface area contributed by atoms with Crippen LogP contribution in [0.4, 0.5) is 0 Å². The van der Waals surface area contributed by atoms with Crippen LogP contribution in [0.2, 0.25) is 0 Å². The summed E-state index contributed by atoms with van der Waals surface area (Å²) in [6, 6.07) is 6.19. The van der Waals surface area contributed by atoms with Gasteiger partial charge >= 0.3 is 0 Å². The van der Waals surface area contributed by atoms with Crippen LogP contribution in [-0.4, -0.2) is 56.3 Å². The number of benzene rings is 1. The van der Waals surface area contributed by atoms with Gasteiger partial charge in [-0.2, -0.15) is 5.10 Å². The van der Waals surface area contributed by atoms with E-state index >= 15 is 0 Å². The highest BCUT2D eigenvalue weighted by atomic mass is 127. The summed E-state index contributed by atoms with van der Waals surface area (Å²) in [6.07, 6.45) is 0. The zero-order valence-electron chi connectivity index (χ0n) is 20.2. The van der Waals surface area contributed by atoms with E-state index in [4.69, 9.17) is 19.2 Å². The largest absolute Gasteiger partial charge is 0.491 e. The Morgan fingerprint density at radius 2 is 1.81 bits per heavy atom. The predicted octanol–water partition coefficient (Wildman–Crippen LogP) is 3.35. The molecule has 1 aromatic carbocycles. The maximum Gasteiger partial charge on any atom is 0.191 e. The van der Waals surface area contributed by atoms with Gasteiger partial charge in [-0.25, -0.2) is 4.99 Å². The topological polar surface area (TPSA) is 81.9 Å². The molecule has 32 heavy (non-hydrogen) atoms. The summed E-state index contributed by atoms with van der Waals surface area (Å²) < 4.78 is 18.2. The van der Waals surface area contributed by atoms with E-state index in [1.54, 1.807) is 14.2 Å². The lowest BCUT2D eigenvalue weighted by Crippen LogP contribution is -2.37. The summed E-state index contributed by atoms with van der Waals surface area (Å²) in [6.45, 7) is 12.6. The van der Waals surface area contributed by atoms with Crippen molar-refractivity contribution in [2.24, 2.45) is 4.99 Å². The molecule has 1 aromatic heterocycles. The molecule has 2 aromatic rings. The summed E-state index contributed by atoms with van der Waals surface area (Å²) in [5.41, 5.74) is 5.54. The highest BCUT2D eigenvalue weighted by molar-refractivity contribution is 14.0. The SMILES string of the molecule is CCNC(=NCc1ccc(C)cc1OCCOC)NCc1c(C)nn(CCOC)c1C.I. The van der Waals surface area contributed by atoms with E-state index in [9.17, 15) is 0 Å². The lowest BCUT2D eigenvalue weighted by Gasteiger charge is -2.14. The van der Waals surface area contributed by atoms with Crippen molar-refractivity contribution in [3.63, 3.8) is 0 Å². The molecule has 0 fully saturated rings. The Hall–Kier alpha value is -1.85. The van der Waals surface area contributed by atoms with Crippen LogP contribution < -0.4 is 15.4 Å². The minimum Gasteiger partial charge on any atom is -0.491 e. The Kier molecular flexibility index (Phi) is 13.3. The van der Waals surface area contributed by atoms with Crippen LogP contribution >= 0.6 is 24.0 Å². The van der Waals surface area contributed by atoms with E-state index in [0.29, 0.717) is 32.9 Å². The second-order valence-corrected chi connectivity index (χ2v) is 7.37. The molecule has 0 bridgehead atoms. The number of halogens is 1. The Morgan fingerprint density at radius 3 is 2.50 bits per heavy atom. The third kappa shape index (κ3) is 8.59. The van der Waals surface area contributed by atoms with Gasteiger partial charge in [0.1, 0.15) is 12.4 Å². The van der Waals surface area contributed by atoms with Gasteiger partial charge in [0.05, 0.1) is 32.0 Å². The first-order valence-electron chi connectivity index (χ1n) is 10.7. The molecule has 0 spiro atoms. The van der Waals surface area contributed by atoms with Gasteiger partial charge in [-0.1, -0.05) is 12.1 Å². The lowest BCUT2D eigenvalue weighted by molar-refractivity contribution is 0.145. The average Bonchev–Trinajstić information content (AvgIpc) is 3.02. The second-order valence-electron chi connectivity index (χ2n) is 7.37. The molecular formula is C23H38IN5O3. The van der Waals surface area contributed by atoms with Crippen molar-refractivity contribution in [3.8, 4) is 5.75 Å². The molecule has 0 saturated carbocycles. The highest BCUT2D eigenvalue weighted by Gasteiger charge is 2.12. The summed E-state index contributed by atoms with van der Waals surface area (Å²) >= 11 is 0. The smallest absolute Gasteiger partial charge is 0.191 e. The van der Waals surface area contributed by atoms with Gasteiger partial charge < -0.3 is 24.8 Å². The van der Waals surface area contributed by atoms with Gasteiger partial charge in [0.2, 0.25) is 0 Å². The number of rotatable bonds is 12.